The van der Waals surface area contributed by atoms with Crippen LogP contribution < -0.4 is 10.2 Å². The van der Waals surface area contributed by atoms with Gasteiger partial charge in [0.2, 0.25) is 0 Å². The second kappa shape index (κ2) is 4.43. The molecular weight excluding hydrogens is 232 g/mol. The maximum Gasteiger partial charge on any atom is 0.141 e. The van der Waals surface area contributed by atoms with Crippen molar-refractivity contribution in [3.8, 4) is 0 Å². The molecule has 0 radical (unpaired) electrons. The summed E-state index contributed by atoms with van der Waals surface area (Å²) in [7, 11) is 2.06. The van der Waals surface area contributed by atoms with Crippen molar-refractivity contribution in [3.05, 3.63) is 35.1 Å². The van der Waals surface area contributed by atoms with Crippen molar-refractivity contribution >= 4 is 22.2 Å². The van der Waals surface area contributed by atoms with Gasteiger partial charge in [-0.2, -0.15) is 0 Å². The molecule has 1 N–H and O–H groups in total. The van der Waals surface area contributed by atoms with E-state index in [0.29, 0.717) is 0 Å². The lowest BCUT2D eigenvalue weighted by Crippen LogP contribution is -2.27. The van der Waals surface area contributed by atoms with Crippen LogP contribution in [0.1, 0.15) is 11.3 Å². The third kappa shape index (κ3) is 1.92. The molecule has 0 saturated carbocycles. The molecule has 4 nitrogen and oxygen atoms in total. The molecule has 0 aromatic carbocycles. The van der Waals surface area contributed by atoms with Crippen LogP contribution in [0, 0.1) is 0 Å². The standard InChI is InChI=1S/C12H14N4S/c1-16(11-3-2-6-17-11)12-9-7-13-5-4-10(9)14-8-15-12/h2-3,6,8,13H,4-5,7H2,1H3. The topological polar surface area (TPSA) is 41.1 Å². The SMILES string of the molecule is CN(c1cccs1)c1ncnc2c1CNCC2. The van der Waals surface area contributed by atoms with E-state index in [1.54, 1.807) is 17.7 Å². The van der Waals surface area contributed by atoms with E-state index in [1.807, 2.05) is 0 Å². The summed E-state index contributed by atoms with van der Waals surface area (Å²) in [5.41, 5.74) is 2.41. The van der Waals surface area contributed by atoms with Gasteiger partial charge in [0.1, 0.15) is 12.1 Å². The predicted molar refractivity (Wildman–Crippen MR) is 69.8 cm³/mol. The average molecular weight is 246 g/mol. The third-order valence-electron chi connectivity index (χ3n) is 3.01. The number of hydrogen-bond donors (Lipinski definition) is 1. The molecule has 1 aliphatic heterocycles. The van der Waals surface area contributed by atoms with Crippen molar-refractivity contribution in [2.45, 2.75) is 13.0 Å². The van der Waals surface area contributed by atoms with Gasteiger partial charge in [-0.1, -0.05) is 0 Å². The highest BCUT2D eigenvalue weighted by Gasteiger charge is 2.18. The number of aromatic nitrogens is 2. The molecule has 0 bridgehead atoms. The largest absolute Gasteiger partial charge is 0.321 e. The number of thiophene rings is 1. The summed E-state index contributed by atoms with van der Waals surface area (Å²) in [6, 6.07) is 4.16. The normalized spacial score (nSPS) is 14.4. The third-order valence-corrected chi connectivity index (χ3v) is 3.95. The quantitative estimate of drug-likeness (QED) is 0.879. The average Bonchev–Trinajstić information content (AvgIpc) is 2.91. The summed E-state index contributed by atoms with van der Waals surface area (Å²) in [5, 5.41) is 6.66. The fraction of sp³-hybridized carbons (Fsp3) is 0.333. The molecule has 0 unspecified atom stereocenters. The minimum absolute atomic E-state index is 0.862. The van der Waals surface area contributed by atoms with Crippen LogP contribution in [0.3, 0.4) is 0 Å². The smallest absolute Gasteiger partial charge is 0.141 e. The first-order chi connectivity index (χ1) is 8.36. The van der Waals surface area contributed by atoms with Crippen LogP contribution in [-0.2, 0) is 13.0 Å². The molecule has 1 aliphatic rings. The monoisotopic (exact) mass is 246 g/mol. The zero-order valence-corrected chi connectivity index (χ0v) is 10.5. The molecule has 0 aliphatic carbocycles. The van der Waals surface area contributed by atoms with Gasteiger partial charge in [-0.05, 0) is 17.5 Å². The highest BCUT2D eigenvalue weighted by Crippen LogP contribution is 2.30. The zero-order valence-electron chi connectivity index (χ0n) is 9.68. The second-order valence-electron chi connectivity index (χ2n) is 4.06. The molecule has 2 aromatic heterocycles. The number of nitrogens with one attached hydrogen (secondary N) is 1. The molecule has 0 saturated heterocycles. The first-order valence-electron chi connectivity index (χ1n) is 5.67. The van der Waals surface area contributed by atoms with Gasteiger partial charge in [0, 0.05) is 32.1 Å². The van der Waals surface area contributed by atoms with Gasteiger partial charge in [-0.15, -0.1) is 11.3 Å². The van der Waals surface area contributed by atoms with Crippen LogP contribution in [0.15, 0.2) is 23.8 Å². The van der Waals surface area contributed by atoms with Gasteiger partial charge in [-0.25, -0.2) is 9.97 Å². The van der Waals surface area contributed by atoms with Gasteiger partial charge >= 0.3 is 0 Å². The van der Waals surface area contributed by atoms with Crippen LogP contribution in [0.5, 0.6) is 0 Å². The molecule has 3 rings (SSSR count). The van der Waals surface area contributed by atoms with E-state index in [1.165, 1.54) is 16.3 Å². The van der Waals surface area contributed by atoms with E-state index in [0.717, 1.165) is 25.3 Å². The Bertz CT molecular complexity index is 509. The lowest BCUT2D eigenvalue weighted by atomic mass is 10.1. The molecule has 2 aromatic rings. The van der Waals surface area contributed by atoms with E-state index in [4.69, 9.17) is 0 Å². The van der Waals surface area contributed by atoms with Crippen molar-refractivity contribution in [2.24, 2.45) is 0 Å². The fourth-order valence-electron chi connectivity index (χ4n) is 2.11. The van der Waals surface area contributed by atoms with Crippen LogP contribution in [-0.4, -0.2) is 23.6 Å². The Labute approximate surface area is 104 Å². The van der Waals surface area contributed by atoms with Crippen LogP contribution >= 0.6 is 11.3 Å². The second-order valence-corrected chi connectivity index (χ2v) is 4.99. The summed E-state index contributed by atoms with van der Waals surface area (Å²) < 4.78 is 0. The lowest BCUT2D eigenvalue weighted by molar-refractivity contribution is 0.625. The number of hydrogen-bond acceptors (Lipinski definition) is 5. The van der Waals surface area contributed by atoms with Crippen molar-refractivity contribution in [1.29, 1.82) is 0 Å². The van der Waals surface area contributed by atoms with Gasteiger partial charge in [0.15, 0.2) is 0 Å². The Morgan fingerprint density at radius 1 is 1.41 bits per heavy atom. The summed E-state index contributed by atoms with van der Waals surface area (Å²) >= 11 is 1.72. The first kappa shape index (κ1) is 10.7. The molecule has 88 valence electrons. The number of rotatable bonds is 2. The Kier molecular flexibility index (Phi) is 2.78. The first-order valence-corrected chi connectivity index (χ1v) is 6.55. The van der Waals surface area contributed by atoms with Gasteiger partial charge in [0.05, 0.1) is 10.7 Å². The summed E-state index contributed by atoms with van der Waals surface area (Å²) in [5.74, 6) is 1.02. The molecule has 5 heteroatoms. The number of nitrogens with zero attached hydrogens (tertiary/aromatic N) is 3. The molecule has 17 heavy (non-hydrogen) atoms. The van der Waals surface area contributed by atoms with Gasteiger partial charge in [0.25, 0.3) is 0 Å². The summed E-state index contributed by atoms with van der Waals surface area (Å²) in [6.45, 7) is 1.87. The van der Waals surface area contributed by atoms with E-state index in [2.05, 4.69) is 44.7 Å². The van der Waals surface area contributed by atoms with E-state index in [9.17, 15) is 0 Å². The molecule has 0 atom stereocenters. The minimum atomic E-state index is 0.862. The Morgan fingerprint density at radius 3 is 3.18 bits per heavy atom. The molecule has 3 heterocycles. The zero-order chi connectivity index (χ0) is 11.7. The van der Waals surface area contributed by atoms with Gasteiger partial charge < -0.3 is 10.2 Å². The van der Waals surface area contributed by atoms with E-state index >= 15 is 0 Å². The van der Waals surface area contributed by atoms with Crippen LogP contribution in [0.4, 0.5) is 10.8 Å². The Balaban J connectivity index is 2.03. The van der Waals surface area contributed by atoms with Gasteiger partial charge in [-0.3, -0.25) is 0 Å². The molecular formula is C12H14N4S. The van der Waals surface area contributed by atoms with Crippen molar-refractivity contribution < 1.29 is 0 Å². The molecule has 0 amide bonds. The van der Waals surface area contributed by atoms with Crippen molar-refractivity contribution in [2.75, 3.05) is 18.5 Å². The van der Waals surface area contributed by atoms with Crippen molar-refractivity contribution in [3.63, 3.8) is 0 Å². The van der Waals surface area contributed by atoms with E-state index in [-0.39, 0.29) is 0 Å². The van der Waals surface area contributed by atoms with Crippen LogP contribution in [0.2, 0.25) is 0 Å². The number of fused-ring (bicyclic) bond motifs is 1. The van der Waals surface area contributed by atoms with Crippen LogP contribution in [0.25, 0.3) is 0 Å². The molecule has 0 fully saturated rings. The predicted octanol–water partition coefficient (Wildman–Crippen LogP) is 1.95. The highest BCUT2D eigenvalue weighted by atomic mass is 32.1. The highest BCUT2D eigenvalue weighted by molar-refractivity contribution is 7.14. The van der Waals surface area contributed by atoms with E-state index < -0.39 is 0 Å². The molecule has 0 spiro atoms. The van der Waals surface area contributed by atoms with Crippen molar-refractivity contribution in [1.82, 2.24) is 15.3 Å². The lowest BCUT2D eigenvalue weighted by Gasteiger charge is -2.23. The Morgan fingerprint density at radius 2 is 2.35 bits per heavy atom. The maximum atomic E-state index is 4.43. The Hall–Kier alpha value is -1.46. The summed E-state index contributed by atoms with van der Waals surface area (Å²) in [6.07, 6.45) is 2.66. The minimum Gasteiger partial charge on any atom is -0.321 e. The summed E-state index contributed by atoms with van der Waals surface area (Å²) in [4.78, 5) is 10.9. The fourth-order valence-corrected chi connectivity index (χ4v) is 2.81. The number of anilines is 2. The maximum absolute atomic E-state index is 4.43.